The Bertz CT molecular complexity index is 229. The first-order valence-corrected chi connectivity index (χ1v) is 4.88. The maximum atomic E-state index is 11.5. The molecule has 15 heavy (non-hydrogen) atoms. The van der Waals surface area contributed by atoms with Crippen LogP contribution in [0.25, 0.3) is 0 Å². The van der Waals surface area contributed by atoms with Crippen LogP contribution in [0.2, 0.25) is 0 Å². The normalized spacial score (nSPS) is 21.3. The summed E-state index contributed by atoms with van der Waals surface area (Å²) in [5.74, 6) is -0.183. The summed E-state index contributed by atoms with van der Waals surface area (Å²) in [6.07, 6.45) is 0.853. The van der Waals surface area contributed by atoms with Crippen molar-refractivity contribution in [1.29, 1.82) is 0 Å². The number of hydrogen-bond donors (Lipinski definition) is 3. The van der Waals surface area contributed by atoms with E-state index in [0.29, 0.717) is 6.54 Å². The number of rotatable bonds is 3. The summed E-state index contributed by atoms with van der Waals surface area (Å²) < 4.78 is 0. The van der Waals surface area contributed by atoms with Crippen LogP contribution in [0.1, 0.15) is 13.3 Å². The van der Waals surface area contributed by atoms with E-state index in [4.69, 9.17) is 0 Å². The van der Waals surface area contributed by atoms with Gasteiger partial charge in [0.25, 0.3) is 0 Å². The molecule has 5 nitrogen and oxygen atoms in total. The Hall–Kier alpha value is -0.810. The van der Waals surface area contributed by atoms with E-state index >= 15 is 0 Å². The van der Waals surface area contributed by atoms with E-state index in [0.717, 1.165) is 13.0 Å². The largest absolute Gasteiger partial charge is 0.357 e. The Morgan fingerprint density at radius 2 is 2.13 bits per heavy atom. The average molecular weight is 236 g/mol. The average Bonchev–Trinajstić information content (AvgIpc) is 2.69. The third-order valence-electron chi connectivity index (χ3n) is 2.43. The fraction of sp³-hybridized carbons (Fsp3) is 0.778. The van der Waals surface area contributed by atoms with Crippen molar-refractivity contribution in [3.63, 3.8) is 0 Å². The number of halogens is 1. The minimum absolute atomic E-state index is 0. The molecule has 2 amide bonds. The molecule has 1 aliphatic rings. The molecule has 1 aliphatic heterocycles. The first-order valence-electron chi connectivity index (χ1n) is 4.88. The van der Waals surface area contributed by atoms with Crippen molar-refractivity contribution in [3.8, 4) is 0 Å². The van der Waals surface area contributed by atoms with Crippen LogP contribution in [0.4, 0.5) is 0 Å². The van der Waals surface area contributed by atoms with E-state index < -0.39 is 6.04 Å². The zero-order chi connectivity index (χ0) is 10.6. The lowest BCUT2D eigenvalue weighted by Gasteiger charge is -2.15. The molecule has 0 aromatic carbocycles. The van der Waals surface area contributed by atoms with Gasteiger partial charge in [0, 0.05) is 13.6 Å². The molecule has 0 radical (unpaired) electrons. The minimum atomic E-state index is -0.451. The molecule has 2 atom stereocenters. The Kier molecular flexibility index (Phi) is 6.27. The lowest BCUT2D eigenvalue weighted by Crippen LogP contribution is -2.46. The molecule has 3 N–H and O–H groups in total. The number of hydrogen-bond acceptors (Lipinski definition) is 3. The second kappa shape index (κ2) is 6.63. The minimum Gasteiger partial charge on any atom is -0.357 e. The number of nitrogens with one attached hydrogen (secondary N) is 3. The number of carbonyl (C=O) groups is 2. The second-order valence-electron chi connectivity index (χ2n) is 3.53. The molecule has 0 aliphatic carbocycles. The lowest BCUT2D eigenvalue weighted by atomic mass is 10.1. The molecule has 6 heteroatoms. The maximum absolute atomic E-state index is 11.5. The topological polar surface area (TPSA) is 70.2 Å². The van der Waals surface area contributed by atoms with Crippen LogP contribution in [0.3, 0.4) is 0 Å². The summed E-state index contributed by atoms with van der Waals surface area (Å²) in [5.41, 5.74) is 0. The molecule has 88 valence electrons. The van der Waals surface area contributed by atoms with E-state index in [1.807, 2.05) is 0 Å². The number of likely N-dealkylation sites (N-methyl/N-ethyl adjacent to an activating group) is 1. The SMILES string of the molecule is CNC(=O)[C@@H](C)NC(=O)C1CCNC1.Cl. The Morgan fingerprint density at radius 3 is 2.60 bits per heavy atom. The van der Waals surface area contributed by atoms with Crippen molar-refractivity contribution in [3.05, 3.63) is 0 Å². The molecule has 1 rings (SSSR count). The third kappa shape index (κ3) is 4.05. The van der Waals surface area contributed by atoms with Crippen LogP contribution < -0.4 is 16.0 Å². The Morgan fingerprint density at radius 1 is 1.47 bits per heavy atom. The molecule has 0 bridgehead atoms. The Labute approximate surface area is 95.8 Å². The van der Waals surface area contributed by atoms with Gasteiger partial charge < -0.3 is 16.0 Å². The van der Waals surface area contributed by atoms with Crippen LogP contribution >= 0.6 is 12.4 Å². The van der Waals surface area contributed by atoms with E-state index in [1.54, 1.807) is 14.0 Å². The van der Waals surface area contributed by atoms with E-state index in [1.165, 1.54) is 0 Å². The van der Waals surface area contributed by atoms with Crippen molar-refractivity contribution in [2.45, 2.75) is 19.4 Å². The highest BCUT2D eigenvalue weighted by Crippen LogP contribution is 2.07. The van der Waals surface area contributed by atoms with Crippen molar-refractivity contribution < 1.29 is 9.59 Å². The summed E-state index contributed by atoms with van der Waals surface area (Å²) in [7, 11) is 1.56. The summed E-state index contributed by atoms with van der Waals surface area (Å²) in [5, 5.41) is 8.28. The zero-order valence-corrected chi connectivity index (χ0v) is 9.82. The first kappa shape index (κ1) is 14.2. The smallest absolute Gasteiger partial charge is 0.242 e. The van der Waals surface area contributed by atoms with Crippen molar-refractivity contribution in [1.82, 2.24) is 16.0 Å². The molecular formula is C9H18ClN3O2. The van der Waals surface area contributed by atoms with Gasteiger partial charge in [-0.1, -0.05) is 0 Å². The summed E-state index contributed by atoms with van der Waals surface area (Å²) >= 11 is 0. The summed E-state index contributed by atoms with van der Waals surface area (Å²) in [6.45, 7) is 3.28. The van der Waals surface area contributed by atoms with Gasteiger partial charge in [0.1, 0.15) is 6.04 Å². The van der Waals surface area contributed by atoms with E-state index in [-0.39, 0.29) is 30.1 Å². The highest BCUT2D eigenvalue weighted by molar-refractivity contribution is 5.88. The van der Waals surface area contributed by atoms with Crippen LogP contribution in [-0.4, -0.2) is 38.0 Å². The highest BCUT2D eigenvalue weighted by Gasteiger charge is 2.24. The molecule has 0 aromatic rings. The molecule has 0 spiro atoms. The number of carbonyl (C=O) groups excluding carboxylic acids is 2. The molecule has 1 unspecified atom stereocenters. The van der Waals surface area contributed by atoms with Gasteiger partial charge in [0.15, 0.2) is 0 Å². The van der Waals surface area contributed by atoms with Crippen LogP contribution in [-0.2, 0) is 9.59 Å². The van der Waals surface area contributed by atoms with Crippen molar-refractivity contribution in [2.24, 2.45) is 5.92 Å². The van der Waals surface area contributed by atoms with Crippen LogP contribution in [0.5, 0.6) is 0 Å². The first-order chi connectivity index (χ1) is 6.65. The van der Waals surface area contributed by atoms with Crippen molar-refractivity contribution >= 4 is 24.2 Å². The fourth-order valence-corrected chi connectivity index (χ4v) is 1.49. The zero-order valence-electron chi connectivity index (χ0n) is 9.00. The maximum Gasteiger partial charge on any atom is 0.242 e. The lowest BCUT2D eigenvalue weighted by molar-refractivity contribution is -0.130. The van der Waals surface area contributed by atoms with Crippen LogP contribution in [0, 0.1) is 5.92 Å². The predicted octanol–water partition coefficient (Wildman–Crippen LogP) is -0.732. The molecule has 0 saturated carbocycles. The van der Waals surface area contributed by atoms with Gasteiger partial charge in [0.05, 0.1) is 5.92 Å². The molecule has 1 saturated heterocycles. The van der Waals surface area contributed by atoms with Gasteiger partial charge in [-0.25, -0.2) is 0 Å². The Balaban J connectivity index is 0.00000196. The third-order valence-corrected chi connectivity index (χ3v) is 2.43. The van der Waals surface area contributed by atoms with Gasteiger partial charge in [0.2, 0.25) is 11.8 Å². The van der Waals surface area contributed by atoms with Gasteiger partial charge in [-0.05, 0) is 19.9 Å². The molecule has 0 aromatic heterocycles. The monoisotopic (exact) mass is 235 g/mol. The predicted molar refractivity (Wildman–Crippen MR) is 59.9 cm³/mol. The van der Waals surface area contributed by atoms with Gasteiger partial charge in [-0.3, -0.25) is 9.59 Å². The van der Waals surface area contributed by atoms with Crippen molar-refractivity contribution in [2.75, 3.05) is 20.1 Å². The van der Waals surface area contributed by atoms with Gasteiger partial charge >= 0.3 is 0 Å². The molecular weight excluding hydrogens is 218 g/mol. The highest BCUT2D eigenvalue weighted by atomic mass is 35.5. The quantitative estimate of drug-likeness (QED) is 0.604. The van der Waals surface area contributed by atoms with Gasteiger partial charge in [-0.15, -0.1) is 12.4 Å². The van der Waals surface area contributed by atoms with Crippen LogP contribution in [0.15, 0.2) is 0 Å². The summed E-state index contributed by atoms with van der Waals surface area (Å²) in [4.78, 5) is 22.7. The van der Waals surface area contributed by atoms with Gasteiger partial charge in [-0.2, -0.15) is 0 Å². The van der Waals surface area contributed by atoms with E-state index in [9.17, 15) is 9.59 Å². The molecule has 1 heterocycles. The second-order valence-corrected chi connectivity index (χ2v) is 3.53. The van der Waals surface area contributed by atoms with E-state index in [2.05, 4.69) is 16.0 Å². The fourth-order valence-electron chi connectivity index (χ4n) is 1.49. The number of amides is 2. The summed E-state index contributed by atoms with van der Waals surface area (Å²) in [6, 6.07) is -0.451. The standard InChI is InChI=1S/C9H17N3O2.ClH/c1-6(8(13)10-2)12-9(14)7-3-4-11-5-7;/h6-7,11H,3-5H2,1-2H3,(H,10,13)(H,12,14);1H/t6-,7?;/m1./s1. The molecule has 1 fully saturated rings.